The van der Waals surface area contributed by atoms with E-state index in [0.717, 1.165) is 13.1 Å². The van der Waals surface area contributed by atoms with Crippen molar-refractivity contribution in [3.63, 3.8) is 0 Å². The van der Waals surface area contributed by atoms with Crippen LogP contribution in [0.5, 0.6) is 0 Å². The van der Waals surface area contributed by atoms with Gasteiger partial charge in [-0.05, 0) is 6.92 Å². The van der Waals surface area contributed by atoms with Gasteiger partial charge in [0.1, 0.15) is 6.10 Å². The number of hydrogen-bond acceptors (Lipinski definition) is 4. The van der Waals surface area contributed by atoms with E-state index in [0.29, 0.717) is 19.8 Å². The van der Waals surface area contributed by atoms with Gasteiger partial charge < -0.3 is 9.84 Å². The number of rotatable bonds is 3. The highest BCUT2D eigenvalue weighted by Crippen LogP contribution is 1.97. The summed E-state index contributed by atoms with van der Waals surface area (Å²) >= 11 is 0. The van der Waals surface area contributed by atoms with Gasteiger partial charge >= 0.3 is 0 Å². The SMILES string of the molecule is CC(O)C(=O)CN1CCOCC1. The number of aliphatic hydroxyl groups is 1. The van der Waals surface area contributed by atoms with Gasteiger partial charge in [-0.2, -0.15) is 0 Å². The number of carbonyl (C=O) groups excluding carboxylic acids is 1. The zero-order valence-corrected chi connectivity index (χ0v) is 7.32. The second-order valence-corrected chi connectivity index (χ2v) is 3.03. The van der Waals surface area contributed by atoms with Crippen LogP contribution in [0, 0.1) is 0 Å². The summed E-state index contributed by atoms with van der Waals surface area (Å²) in [6, 6.07) is 0. The summed E-state index contributed by atoms with van der Waals surface area (Å²) in [4.78, 5) is 13.1. The molecule has 0 saturated carbocycles. The summed E-state index contributed by atoms with van der Waals surface area (Å²) in [6.07, 6.45) is -0.840. The Hall–Kier alpha value is -0.450. The lowest BCUT2D eigenvalue weighted by Crippen LogP contribution is -2.41. The van der Waals surface area contributed by atoms with Gasteiger partial charge in [0.15, 0.2) is 5.78 Å². The molecule has 70 valence electrons. The van der Waals surface area contributed by atoms with Crippen LogP contribution in [-0.2, 0) is 9.53 Å². The molecule has 1 rings (SSSR count). The van der Waals surface area contributed by atoms with Crippen LogP contribution in [0.2, 0.25) is 0 Å². The molecular formula is C8H15NO3. The van der Waals surface area contributed by atoms with Gasteiger partial charge in [0, 0.05) is 13.1 Å². The molecule has 1 aliphatic rings. The molecule has 0 aliphatic carbocycles. The highest BCUT2D eigenvalue weighted by molar-refractivity contribution is 5.84. The maximum Gasteiger partial charge on any atom is 0.174 e. The topological polar surface area (TPSA) is 49.8 Å². The van der Waals surface area contributed by atoms with Crippen molar-refractivity contribution < 1.29 is 14.6 Å². The van der Waals surface area contributed by atoms with Crippen molar-refractivity contribution in [2.75, 3.05) is 32.8 Å². The first-order valence-corrected chi connectivity index (χ1v) is 4.21. The molecule has 12 heavy (non-hydrogen) atoms. The Morgan fingerprint density at radius 3 is 2.67 bits per heavy atom. The van der Waals surface area contributed by atoms with Crippen LogP contribution >= 0.6 is 0 Å². The molecule has 1 N–H and O–H groups in total. The summed E-state index contributed by atoms with van der Waals surface area (Å²) in [5.41, 5.74) is 0. The van der Waals surface area contributed by atoms with Gasteiger partial charge in [0.2, 0.25) is 0 Å². The summed E-state index contributed by atoms with van der Waals surface area (Å²) < 4.78 is 5.13. The van der Waals surface area contributed by atoms with E-state index in [2.05, 4.69) is 0 Å². The number of Topliss-reactive ketones (excluding diaryl/α,β-unsaturated/α-hetero) is 1. The standard InChI is InChI=1S/C8H15NO3/c1-7(10)8(11)6-9-2-4-12-5-3-9/h7,10H,2-6H2,1H3. The van der Waals surface area contributed by atoms with E-state index in [1.165, 1.54) is 6.92 Å². The number of ketones is 1. The lowest BCUT2D eigenvalue weighted by atomic mass is 10.2. The fraction of sp³-hybridized carbons (Fsp3) is 0.875. The van der Waals surface area contributed by atoms with Crippen molar-refractivity contribution in [1.82, 2.24) is 4.90 Å². The molecule has 1 fully saturated rings. The average molecular weight is 173 g/mol. The molecule has 1 atom stereocenters. The van der Waals surface area contributed by atoms with Crippen LogP contribution in [0.3, 0.4) is 0 Å². The Kier molecular flexibility index (Phi) is 3.65. The number of ether oxygens (including phenoxy) is 1. The largest absolute Gasteiger partial charge is 0.386 e. The highest BCUT2D eigenvalue weighted by atomic mass is 16.5. The van der Waals surface area contributed by atoms with Gasteiger partial charge in [-0.3, -0.25) is 9.69 Å². The summed E-state index contributed by atoms with van der Waals surface area (Å²) in [6.45, 7) is 4.81. The lowest BCUT2D eigenvalue weighted by Gasteiger charge is -2.26. The van der Waals surface area contributed by atoms with E-state index in [1.807, 2.05) is 4.90 Å². The van der Waals surface area contributed by atoms with E-state index in [9.17, 15) is 4.79 Å². The number of aliphatic hydroxyl groups excluding tert-OH is 1. The van der Waals surface area contributed by atoms with E-state index in [1.54, 1.807) is 0 Å². The predicted octanol–water partition coefficient (Wildman–Crippen LogP) is -0.732. The third kappa shape index (κ3) is 2.89. The van der Waals surface area contributed by atoms with Crippen molar-refractivity contribution in [2.24, 2.45) is 0 Å². The van der Waals surface area contributed by atoms with Crippen LogP contribution in [0.4, 0.5) is 0 Å². The van der Waals surface area contributed by atoms with E-state index in [4.69, 9.17) is 9.84 Å². The van der Waals surface area contributed by atoms with Crippen molar-refractivity contribution in [3.05, 3.63) is 0 Å². The van der Waals surface area contributed by atoms with Gasteiger partial charge in [-0.25, -0.2) is 0 Å². The first-order valence-electron chi connectivity index (χ1n) is 4.21. The van der Waals surface area contributed by atoms with Crippen LogP contribution in [0.1, 0.15) is 6.92 Å². The normalized spacial score (nSPS) is 22.2. The van der Waals surface area contributed by atoms with Crippen molar-refractivity contribution in [2.45, 2.75) is 13.0 Å². The fourth-order valence-electron chi connectivity index (χ4n) is 1.11. The van der Waals surface area contributed by atoms with Crippen LogP contribution in [0.25, 0.3) is 0 Å². The summed E-state index contributed by atoms with van der Waals surface area (Å²) in [5.74, 6) is -0.114. The van der Waals surface area contributed by atoms with E-state index in [-0.39, 0.29) is 5.78 Å². The molecule has 0 spiro atoms. The minimum absolute atomic E-state index is 0.114. The first kappa shape index (κ1) is 9.64. The number of carbonyl (C=O) groups is 1. The van der Waals surface area contributed by atoms with Crippen LogP contribution < -0.4 is 0 Å². The maximum absolute atomic E-state index is 11.1. The van der Waals surface area contributed by atoms with Gasteiger partial charge in [-0.15, -0.1) is 0 Å². The minimum Gasteiger partial charge on any atom is -0.386 e. The third-order valence-corrected chi connectivity index (χ3v) is 1.95. The van der Waals surface area contributed by atoms with Crippen LogP contribution in [0.15, 0.2) is 0 Å². The quantitative estimate of drug-likeness (QED) is 0.611. The monoisotopic (exact) mass is 173 g/mol. The van der Waals surface area contributed by atoms with Gasteiger partial charge in [0.25, 0.3) is 0 Å². The Labute approximate surface area is 72.1 Å². The molecule has 0 aromatic rings. The van der Waals surface area contributed by atoms with Crippen LogP contribution in [-0.4, -0.2) is 54.7 Å². The van der Waals surface area contributed by atoms with E-state index >= 15 is 0 Å². The zero-order valence-electron chi connectivity index (χ0n) is 7.32. The smallest absolute Gasteiger partial charge is 0.174 e. The van der Waals surface area contributed by atoms with Crippen molar-refractivity contribution in [3.8, 4) is 0 Å². The molecule has 4 heteroatoms. The second kappa shape index (κ2) is 4.54. The molecule has 1 heterocycles. The molecule has 0 aromatic heterocycles. The maximum atomic E-state index is 11.1. The summed E-state index contributed by atoms with van der Waals surface area (Å²) in [5, 5.41) is 8.94. The third-order valence-electron chi connectivity index (χ3n) is 1.95. The zero-order chi connectivity index (χ0) is 8.97. The molecule has 4 nitrogen and oxygen atoms in total. The molecule has 1 unspecified atom stereocenters. The Morgan fingerprint density at radius 1 is 1.58 bits per heavy atom. The van der Waals surface area contributed by atoms with Gasteiger partial charge in [-0.1, -0.05) is 0 Å². The number of nitrogens with zero attached hydrogens (tertiary/aromatic N) is 1. The Balaban J connectivity index is 2.24. The molecule has 0 bridgehead atoms. The minimum atomic E-state index is -0.840. The first-order chi connectivity index (χ1) is 5.70. The molecule has 0 amide bonds. The van der Waals surface area contributed by atoms with Gasteiger partial charge in [0.05, 0.1) is 19.8 Å². The van der Waals surface area contributed by atoms with Crippen molar-refractivity contribution in [1.29, 1.82) is 0 Å². The highest BCUT2D eigenvalue weighted by Gasteiger charge is 2.16. The Bertz CT molecular complexity index is 152. The molecule has 1 aliphatic heterocycles. The molecule has 0 radical (unpaired) electrons. The molecule has 1 saturated heterocycles. The molecule has 0 aromatic carbocycles. The number of hydrogen-bond donors (Lipinski definition) is 1. The van der Waals surface area contributed by atoms with Crippen molar-refractivity contribution >= 4 is 5.78 Å². The van der Waals surface area contributed by atoms with E-state index < -0.39 is 6.10 Å². The average Bonchev–Trinajstić information content (AvgIpc) is 2.06. The Morgan fingerprint density at radius 2 is 2.17 bits per heavy atom. The predicted molar refractivity (Wildman–Crippen MR) is 43.9 cm³/mol. The second-order valence-electron chi connectivity index (χ2n) is 3.03. The number of morpholine rings is 1. The fourth-order valence-corrected chi connectivity index (χ4v) is 1.11. The summed E-state index contributed by atoms with van der Waals surface area (Å²) in [7, 11) is 0. The lowest BCUT2D eigenvalue weighted by molar-refractivity contribution is -0.128. The molecular weight excluding hydrogens is 158 g/mol.